The van der Waals surface area contributed by atoms with E-state index in [-0.39, 0.29) is 30.6 Å². The van der Waals surface area contributed by atoms with Gasteiger partial charge in [-0.15, -0.1) is 0 Å². The van der Waals surface area contributed by atoms with E-state index in [2.05, 4.69) is 5.32 Å². The lowest BCUT2D eigenvalue weighted by molar-refractivity contribution is -0.138. The number of ketones is 1. The van der Waals surface area contributed by atoms with Crippen LogP contribution in [0.4, 0.5) is 0 Å². The van der Waals surface area contributed by atoms with Gasteiger partial charge in [0, 0.05) is 13.6 Å². The summed E-state index contributed by atoms with van der Waals surface area (Å²) in [6, 6.07) is 0. The number of Topliss-reactive ketones (excluding diaryl/α,β-unsaturated/α-hetero) is 1. The highest BCUT2D eigenvalue weighted by Gasteiger charge is 2.15. The van der Waals surface area contributed by atoms with E-state index in [1.165, 1.54) is 18.9 Å². The van der Waals surface area contributed by atoms with Crippen molar-refractivity contribution in [3.05, 3.63) is 0 Å². The fourth-order valence-electron chi connectivity index (χ4n) is 0.954. The van der Waals surface area contributed by atoms with Crippen molar-refractivity contribution in [2.75, 3.05) is 20.1 Å². The van der Waals surface area contributed by atoms with E-state index >= 15 is 0 Å². The minimum absolute atomic E-state index is 0.0130. The average molecular weight is 200 g/mol. The van der Waals surface area contributed by atoms with Crippen LogP contribution in [0.2, 0.25) is 0 Å². The first-order valence-electron chi connectivity index (χ1n) is 4.49. The molecule has 0 bridgehead atoms. The number of rotatable bonds is 5. The number of hydrogen-bond acceptors (Lipinski definition) is 3. The molecule has 5 nitrogen and oxygen atoms in total. The van der Waals surface area contributed by atoms with Gasteiger partial charge < -0.3 is 10.2 Å². The van der Waals surface area contributed by atoms with Crippen molar-refractivity contribution in [2.45, 2.75) is 20.3 Å². The lowest BCUT2D eigenvalue weighted by Crippen LogP contribution is -2.40. The Labute approximate surface area is 83.5 Å². The predicted octanol–water partition coefficient (Wildman–Crippen LogP) is -0.440. The van der Waals surface area contributed by atoms with Crippen LogP contribution in [-0.2, 0) is 14.4 Å². The SMILES string of the molecule is CCN(CC(=O)NC)C(=O)CC(C)=O. The summed E-state index contributed by atoms with van der Waals surface area (Å²) in [5.41, 5.74) is 0. The molecule has 0 heterocycles. The normalized spacial score (nSPS) is 9.36. The molecule has 0 unspecified atom stereocenters. The Morgan fingerprint density at radius 1 is 1.29 bits per heavy atom. The number of hydrogen-bond donors (Lipinski definition) is 1. The van der Waals surface area contributed by atoms with Gasteiger partial charge in [0.05, 0.1) is 13.0 Å². The van der Waals surface area contributed by atoms with Gasteiger partial charge in [-0.3, -0.25) is 14.4 Å². The molecule has 0 saturated heterocycles. The van der Waals surface area contributed by atoms with Crippen molar-refractivity contribution in [1.82, 2.24) is 10.2 Å². The van der Waals surface area contributed by atoms with E-state index in [1.807, 2.05) is 0 Å². The molecule has 14 heavy (non-hydrogen) atoms. The molecule has 5 heteroatoms. The lowest BCUT2D eigenvalue weighted by atomic mass is 10.2. The van der Waals surface area contributed by atoms with Crippen molar-refractivity contribution in [3.8, 4) is 0 Å². The largest absolute Gasteiger partial charge is 0.358 e. The third-order valence-corrected chi connectivity index (χ3v) is 1.75. The van der Waals surface area contributed by atoms with Gasteiger partial charge >= 0.3 is 0 Å². The summed E-state index contributed by atoms with van der Waals surface area (Å²) in [5, 5.41) is 2.42. The minimum Gasteiger partial charge on any atom is -0.358 e. The van der Waals surface area contributed by atoms with Crippen LogP contribution in [0.25, 0.3) is 0 Å². The molecule has 80 valence electrons. The van der Waals surface area contributed by atoms with Crippen LogP contribution >= 0.6 is 0 Å². The monoisotopic (exact) mass is 200 g/mol. The second-order valence-corrected chi connectivity index (χ2v) is 2.96. The Balaban J connectivity index is 4.19. The maximum atomic E-state index is 11.4. The summed E-state index contributed by atoms with van der Waals surface area (Å²) >= 11 is 0. The van der Waals surface area contributed by atoms with Crippen molar-refractivity contribution in [2.24, 2.45) is 0 Å². The molecule has 0 aliphatic rings. The van der Waals surface area contributed by atoms with Gasteiger partial charge in [-0.1, -0.05) is 0 Å². The quantitative estimate of drug-likeness (QED) is 0.612. The average Bonchev–Trinajstić information content (AvgIpc) is 2.12. The van der Waals surface area contributed by atoms with Gasteiger partial charge in [0.2, 0.25) is 11.8 Å². The second-order valence-electron chi connectivity index (χ2n) is 2.96. The second kappa shape index (κ2) is 6.12. The molecule has 0 rings (SSSR count). The fourth-order valence-corrected chi connectivity index (χ4v) is 0.954. The van der Waals surface area contributed by atoms with Gasteiger partial charge in [-0.05, 0) is 13.8 Å². The third kappa shape index (κ3) is 4.59. The van der Waals surface area contributed by atoms with Crippen molar-refractivity contribution >= 4 is 17.6 Å². The first kappa shape index (κ1) is 12.6. The summed E-state index contributed by atoms with van der Waals surface area (Å²) in [7, 11) is 1.51. The van der Waals surface area contributed by atoms with Gasteiger partial charge in [0.15, 0.2) is 0 Å². The summed E-state index contributed by atoms with van der Waals surface area (Å²) in [6.45, 7) is 3.56. The van der Waals surface area contributed by atoms with Crippen molar-refractivity contribution < 1.29 is 14.4 Å². The molecule has 0 aliphatic heterocycles. The molecule has 0 aliphatic carbocycles. The molecule has 0 aromatic heterocycles. The highest BCUT2D eigenvalue weighted by atomic mass is 16.2. The van der Waals surface area contributed by atoms with Gasteiger partial charge in [-0.2, -0.15) is 0 Å². The summed E-state index contributed by atoms with van der Waals surface area (Å²) < 4.78 is 0. The molecule has 0 radical (unpaired) electrons. The molecule has 2 amide bonds. The minimum atomic E-state index is -0.302. The van der Waals surface area contributed by atoms with Gasteiger partial charge in [-0.25, -0.2) is 0 Å². The maximum Gasteiger partial charge on any atom is 0.239 e. The molecular weight excluding hydrogens is 184 g/mol. The van der Waals surface area contributed by atoms with Crippen LogP contribution in [0.1, 0.15) is 20.3 Å². The summed E-state index contributed by atoms with van der Waals surface area (Å²) in [5.74, 6) is -0.724. The molecule has 0 fully saturated rings. The van der Waals surface area contributed by atoms with Gasteiger partial charge in [0.25, 0.3) is 0 Å². The molecular formula is C9H16N2O3. The summed E-state index contributed by atoms with van der Waals surface area (Å²) in [4.78, 5) is 34.4. The molecule has 0 atom stereocenters. The lowest BCUT2D eigenvalue weighted by Gasteiger charge is -2.18. The van der Waals surface area contributed by atoms with Crippen molar-refractivity contribution in [1.29, 1.82) is 0 Å². The third-order valence-electron chi connectivity index (χ3n) is 1.75. The van der Waals surface area contributed by atoms with E-state index in [1.54, 1.807) is 6.92 Å². The number of likely N-dealkylation sites (N-methyl/N-ethyl adjacent to an activating group) is 2. The Kier molecular flexibility index (Phi) is 5.52. The van der Waals surface area contributed by atoms with Crippen LogP contribution in [0.5, 0.6) is 0 Å². The maximum absolute atomic E-state index is 11.4. The number of nitrogens with one attached hydrogen (secondary N) is 1. The number of nitrogens with zero attached hydrogens (tertiary/aromatic N) is 1. The van der Waals surface area contributed by atoms with Crippen LogP contribution in [0.15, 0.2) is 0 Å². The van der Waals surface area contributed by atoms with Crippen LogP contribution in [-0.4, -0.2) is 42.6 Å². The number of amides is 2. The van der Waals surface area contributed by atoms with Gasteiger partial charge in [0.1, 0.15) is 5.78 Å². The fraction of sp³-hybridized carbons (Fsp3) is 0.667. The molecule has 0 aromatic carbocycles. The molecule has 0 saturated carbocycles. The zero-order valence-electron chi connectivity index (χ0n) is 8.79. The number of carbonyl (C=O) groups excluding carboxylic acids is 3. The Morgan fingerprint density at radius 3 is 2.21 bits per heavy atom. The zero-order valence-corrected chi connectivity index (χ0v) is 8.79. The number of carbonyl (C=O) groups is 3. The van der Waals surface area contributed by atoms with E-state index in [0.717, 1.165) is 0 Å². The highest BCUT2D eigenvalue weighted by molar-refractivity contribution is 5.98. The van der Waals surface area contributed by atoms with Crippen molar-refractivity contribution in [3.63, 3.8) is 0 Å². The summed E-state index contributed by atoms with van der Waals surface area (Å²) in [6.07, 6.45) is -0.134. The topological polar surface area (TPSA) is 66.5 Å². The van der Waals surface area contributed by atoms with E-state index in [0.29, 0.717) is 6.54 Å². The Hall–Kier alpha value is -1.39. The van der Waals surface area contributed by atoms with Crippen LogP contribution in [0, 0.1) is 0 Å². The Morgan fingerprint density at radius 2 is 1.86 bits per heavy atom. The first-order chi connectivity index (χ1) is 6.51. The van der Waals surface area contributed by atoms with Crippen LogP contribution in [0.3, 0.4) is 0 Å². The van der Waals surface area contributed by atoms with Crippen LogP contribution < -0.4 is 5.32 Å². The van der Waals surface area contributed by atoms with E-state index in [4.69, 9.17) is 0 Å². The van der Waals surface area contributed by atoms with E-state index in [9.17, 15) is 14.4 Å². The standard InChI is InChI=1S/C9H16N2O3/c1-4-11(6-8(13)10-3)9(14)5-7(2)12/h4-6H2,1-3H3,(H,10,13). The smallest absolute Gasteiger partial charge is 0.239 e. The highest BCUT2D eigenvalue weighted by Crippen LogP contribution is 1.94. The zero-order chi connectivity index (χ0) is 11.1. The molecule has 0 aromatic rings. The molecule has 0 spiro atoms. The Bertz CT molecular complexity index is 238. The predicted molar refractivity (Wildman–Crippen MR) is 51.6 cm³/mol. The molecule has 1 N–H and O–H groups in total. The first-order valence-corrected chi connectivity index (χ1v) is 4.49. The van der Waals surface area contributed by atoms with E-state index < -0.39 is 0 Å².